The van der Waals surface area contributed by atoms with E-state index in [-0.39, 0.29) is 0 Å². The lowest BCUT2D eigenvalue weighted by atomic mass is 10.1. The average Bonchev–Trinajstić information content (AvgIpc) is 2.62. The number of fused-ring (bicyclic) bond motifs is 1. The summed E-state index contributed by atoms with van der Waals surface area (Å²) in [6, 6.07) is 4.18. The molecular weight excluding hydrogens is 182 g/mol. The van der Waals surface area contributed by atoms with Gasteiger partial charge in [0.1, 0.15) is 6.04 Å². The molecule has 0 aliphatic heterocycles. The number of nitrogens with zero attached hydrogens (tertiary/aromatic N) is 2. The first-order valence-corrected chi connectivity index (χ1v) is 4.10. The van der Waals surface area contributed by atoms with E-state index in [0.29, 0.717) is 5.56 Å². The van der Waals surface area contributed by atoms with Gasteiger partial charge in [0.15, 0.2) is 0 Å². The van der Waals surface area contributed by atoms with E-state index in [4.69, 9.17) is 10.8 Å². The van der Waals surface area contributed by atoms with Crippen LogP contribution in [0.5, 0.6) is 0 Å². The van der Waals surface area contributed by atoms with Gasteiger partial charge in [0.2, 0.25) is 0 Å². The van der Waals surface area contributed by atoms with E-state index in [1.807, 2.05) is 0 Å². The molecule has 72 valence electrons. The Bertz CT molecular complexity index is 478. The van der Waals surface area contributed by atoms with Crippen LogP contribution in [0, 0.1) is 0 Å². The van der Waals surface area contributed by atoms with Crippen molar-refractivity contribution in [3.05, 3.63) is 36.2 Å². The molecule has 3 N–H and O–H groups in total. The molecule has 14 heavy (non-hydrogen) atoms. The van der Waals surface area contributed by atoms with Gasteiger partial charge in [-0.3, -0.25) is 4.79 Å². The second kappa shape index (κ2) is 3.12. The van der Waals surface area contributed by atoms with Crippen molar-refractivity contribution >= 4 is 11.5 Å². The standard InChI is InChI=1S/C9H9N3O2/c10-8(9(13)14)6-2-4-12-7(5-6)1-3-11-12/h1-5,8H,10H2,(H,13,14). The smallest absolute Gasteiger partial charge is 0.325 e. The van der Waals surface area contributed by atoms with Crippen molar-refractivity contribution < 1.29 is 9.90 Å². The van der Waals surface area contributed by atoms with Crippen molar-refractivity contribution in [3.8, 4) is 0 Å². The molecule has 0 amide bonds. The Morgan fingerprint density at radius 2 is 2.36 bits per heavy atom. The minimum absolute atomic E-state index is 0.575. The third-order valence-corrected chi connectivity index (χ3v) is 2.05. The van der Waals surface area contributed by atoms with E-state index in [0.717, 1.165) is 5.52 Å². The predicted molar refractivity (Wildman–Crippen MR) is 49.8 cm³/mol. The van der Waals surface area contributed by atoms with Crippen LogP contribution >= 0.6 is 0 Å². The van der Waals surface area contributed by atoms with Gasteiger partial charge < -0.3 is 10.8 Å². The van der Waals surface area contributed by atoms with Crippen LogP contribution in [0.15, 0.2) is 30.6 Å². The van der Waals surface area contributed by atoms with Crippen molar-refractivity contribution in [1.82, 2.24) is 9.61 Å². The molecule has 1 atom stereocenters. The van der Waals surface area contributed by atoms with Gasteiger partial charge in [-0.05, 0) is 23.8 Å². The van der Waals surface area contributed by atoms with Gasteiger partial charge in [0, 0.05) is 12.4 Å². The van der Waals surface area contributed by atoms with E-state index >= 15 is 0 Å². The van der Waals surface area contributed by atoms with Crippen LogP contribution in [-0.4, -0.2) is 20.7 Å². The first-order valence-electron chi connectivity index (χ1n) is 4.10. The minimum atomic E-state index is -1.03. The Morgan fingerprint density at radius 1 is 1.57 bits per heavy atom. The summed E-state index contributed by atoms with van der Waals surface area (Å²) in [6.07, 6.45) is 3.33. The van der Waals surface area contributed by atoms with Crippen LogP contribution in [0.25, 0.3) is 5.52 Å². The summed E-state index contributed by atoms with van der Waals surface area (Å²) >= 11 is 0. The lowest BCUT2D eigenvalue weighted by Crippen LogP contribution is -2.20. The van der Waals surface area contributed by atoms with E-state index in [1.165, 1.54) is 0 Å². The number of aliphatic carboxylic acids is 1. The highest BCUT2D eigenvalue weighted by Crippen LogP contribution is 2.12. The van der Waals surface area contributed by atoms with Crippen LogP contribution in [0.2, 0.25) is 0 Å². The van der Waals surface area contributed by atoms with Gasteiger partial charge in [-0.25, -0.2) is 4.52 Å². The zero-order valence-corrected chi connectivity index (χ0v) is 7.29. The van der Waals surface area contributed by atoms with Gasteiger partial charge >= 0.3 is 5.97 Å². The molecule has 0 radical (unpaired) electrons. The molecule has 5 heteroatoms. The van der Waals surface area contributed by atoms with Crippen LogP contribution < -0.4 is 5.73 Å². The number of carbonyl (C=O) groups is 1. The number of rotatable bonds is 2. The Labute approximate surface area is 79.8 Å². The fraction of sp³-hybridized carbons (Fsp3) is 0.111. The van der Waals surface area contributed by atoms with E-state index in [9.17, 15) is 4.79 Å². The fourth-order valence-electron chi connectivity index (χ4n) is 1.27. The highest BCUT2D eigenvalue weighted by atomic mass is 16.4. The Morgan fingerprint density at radius 3 is 3.07 bits per heavy atom. The van der Waals surface area contributed by atoms with Crippen molar-refractivity contribution in [2.75, 3.05) is 0 Å². The topological polar surface area (TPSA) is 80.6 Å². The summed E-state index contributed by atoms with van der Waals surface area (Å²) in [5.41, 5.74) is 6.88. The molecule has 0 saturated heterocycles. The van der Waals surface area contributed by atoms with Crippen LogP contribution in [0.1, 0.15) is 11.6 Å². The molecule has 0 aliphatic carbocycles. The maximum atomic E-state index is 10.6. The molecule has 0 aliphatic rings. The molecule has 0 saturated carbocycles. The van der Waals surface area contributed by atoms with Gasteiger partial charge in [0.05, 0.1) is 5.52 Å². The lowest BCUT2D eigenvalue weighted by molar-refractivity contribution is -0.138. The van der Waals surface area contributed by atoms with Crippen molar-refractivity contribution in [2.24, 2.45) is 5.73 Å². The fourth-order valence-corrected chi connectivity index (χ4v) is 1.27. The number of nitrogens with two attached hydrogens (primary N) is 1. The maximum absolute atomic E-state index is 10.6. The second-order valence-electron chi connectivity index (χ2n) is 2.98. The number of hydrogen-bond donors (Lipinski definition) is 2. The highest BCUT2D eigenvalue weighted by molar-refractivity contribution is 5.75. The molecular formula is C9H9N3O2. The number of hydrogen-bond acceptors (Lipinski definition) is 3. The second-order valence-corrected chi connectivity index (χ2v) is 2.98. The lowest BCUT2D eigenvalue weighted by Gasteiger charge is -2.06. The molecule has 2 aromatic heterocycles. The molecule has 1 unspecified atom stereocenters. The average molecular weight is 191 g/mol. The van der Waals surface area contributed by atoms with E-state index < -0.39 is 12.0 Å². The van der Waals surface area contributed by atoms with Gasteiger partial charge in [-0.1, -0.05) is 0 Å². The summed E-state index contributed by atoms with van der Waals surface area (Å²) in [7, 11) is 0. The maximum Gasteiger partial charge on any atom is 0.325 e. The number of pyridine rings is 1. The van der Waals surface area contributed by atoms with Crippen molar-refractivity contribution in [1.29, 1.82) is 0 Å². The Hall–Kier alpha value is -1.88. The van der Waals surface area contributed by atoms with Gasteiger partial charge in [-0.15, -0.1) is 0 Å². The molecule has 0 bridgehead atoms. The first kappa shape index (κ1) is 8.71. The summed E-state index contributed by atoms with van der Waals surface area (Å²) in [5, 5.41) is 12.7. The molecule has 0 fully saturated rings. The normalized spacial score (nSPS) is 12.9. The largest absolute Gasteiger partial charge is 0.480 e. The van der Waals surface area contributed by atoms with Gasteiger partial charge in [0.25, 0.3) is 0 Å². The molecule has 2 rings (SSSR count). The van der Waals surface area contributed by atoms with Crippen molar-refractivity contribution in [2.45, 2.75) is 6.04 Å². The van der Waals surface area contributed by atoms with Crippen LogP contribution in [-0.2, 0) is 4.79 Å². The third kappa shape index (κ3) is 1.33. The summed E-state index contributed by atoms with van der Waals surface area (Å²) in [4.78, 5) is 10.6. The Kier molecular flexibility index (Phi) is 1.94. The predicted octanol–water partition coefficient (Wildman–Crippen LogP) is 0.419. The molecule has 2 heterocycles. The summed E-state index contributed by atoms with van der Waals surface area (Å²) in [6.45, 7) is 0. The van der Waals surface area contributed by atoms with Crippen LogP contribution in [0.3, 0.4) is 0 Å². The zero-order chi connectivity index (χ0) is 10.1. The minimum Gasteiger partial charge on any atom is -0.480 e. The summed E-state index contributed by atoms with van der Waals surface area (Å²) in [5.74, 6) is -1.03. The summed E-state index contributed by atoms with van der Waals surface area (Å²) < 4.78 is 1.65. The van der Waals surface area contributed by atoms with Crippen LogP contribution in [0.4, 0.5) is 0 Å². The SMILES string of the molecule is NC(C(=O)O)c1ccn2nccc2c1. The molecule has 2 aromatic rings. The van der Waals surface area contributed by atoms with E-state index in [1.54, 1.807) is 35.1 Å². The molecule has 0 aromatic carbocycles. The Balaban J connectivity index is 2.48. The van der Waals surface area contributed by atoms with Gasteiger partial charge in [-0.2, -0.15) is 5.10 Å². The van der Waals surface area contributed by atoms with E-state index in [2.05, 4.69) is 5.10 Å². The third-order valence-electron chi connectivity index (χ3n) is 2.05. The number of carboxylic acid groups (broad SMARTS) is 1. The monoisotopic (exact) mass is 191 g/mol. The molecule has 0 spiro atoms. The molecule has 5 nitrogen and oxygen atoms in total. The number of aromatic nitrogens is 2. The zero-order valence-electron chi connectivity index (χ0n) is 7.29. The quantitative estimate of drug-likeness (QED) is 0.720. The number of carboxylic acids is 1. The van der Waals surface area contributed by atoms with Crippen molar-refractivity contribution in [3.63, 3.8) is 0 Å². The highest BCUT2D eigenvalue weighted by Gasteiger charge is 2.14. The first-order chi connectivity index (χ1) is 6.68.